The highest BCUT2D eigenvalue weighted by Crippen LogP contribution is 2.30. The number of aromatic nitrogens is 1. The van der Waals surface area contributed by atoms with E-state index in [0.717, 1.165) is 11.3 Å². The molecule has 0 radical (unpaired) electrons. The lowest BCUT2D eigenvalue weighted by atomic mass is 10.1. The van der Waals surface area contributed by atoms with Crippen molar-refractivity contribution in [3.63, 3.8) is 0 Å². The van der Waals surface area contributed by atoms with Crippen molar-refractivity contribution in [1.82, 2.24) is 4.98 Å². The van der Waals surface area contributed by atoms with Gasteiger partial charge < -0.3 is 5.11 Å². The summed E-state index contributed by atoms with van der Waals surface area (Å²) >= 11 is 0. The first-order valence-electron chi connectivity index (χ1n) is 6.44. The van der Waals surface area contributed by atoms with Crippen LogP contribution in [0, 0.1) is 10.1 Å². The number of hydrogen-bond donors (Lipinski definition) is 1. The highest BCUT2D eigenvalue weighted by molar-refractivity contribution is 5.91. The number of fused-ring (bicyclic) bond motifs is 1. The van der Waals surface area contributed by atoms with Gasteiger partial charge in [0.2, 0.25) is 0 Å². The number of aliphatic hydroxyl groups excluding tert-OH is 1. The summed E-state index contributed by atoms with van der Waals surface area (Å²) in [6.07, 6.45) is 0. The molecule has 0 aliphatic carbocycles. The molecule has 3 rings (SSSR count). The van der Waals surface area contributed by atoms with E-state index >= 15 is 0 Å². The molecule has 0 unspecified atom stereocenters. The largest absolute Gasteiger partial charge is 0.391 e. The molecule has 2 aromatic carbocycles. The number of pyridine rings is 1. The molecule has 0 atom stereocenters. The van der Waals surface area contributed by atoms with E-state index in [-0.39, 0.29) is 12.3 Å². The van der Waals surface area contributed by atoms with Gasteiger partial charge in [0.15, 0.2) is 0 Å². The molecule has 5 nitrogen and oxygen atoms in total. The number of aliphatic hydroxyl groups is 1. The van der Waals surface area contributed by atoms with Crippen molar-refractivity contribution in [2.24, 2.45) is 0 Å². The van der Waals surface area contributed by atoms with Crippen LogP contribution in [0.25, 0.3) is 22.2 Å². The van der Waals surface area contributed by atoms with E-state index in [1.807, 2.05) is 30.3 Å². The number of nitrogens with zero attached hydrogens (tertiary/aromatic N) is 2. The third kappa shape index (κ3) is 2.34. The first-order valence-corrected chi connectivity index (χ1v) is 6.44. The summed E-state index contributed by atoms with van der Waals surface area (Å²) in [6, 6.07) is 16.3. The predicted octanol–water partition coefficient (Wildman–Crippen LogP) is 3.30. The Morgan fingerprint density at radius 1 is 1.05 bits per heavy atom. The molecule has 0 amide bonds. The Bertz CT molecular complexity index is 816. The standard InChI is InChI=1S/C16H12N2O3/c19-10-12-6-8-15-13(16(12)18(20)21)7-9-14(17-15)11-4-2-1-3-5-11/h1-9,19H,10H2. The molecule has 0 aliphatic rings. The van der Waals surface area contributed by atoms with Gasteiger partial charge in [0, 0.05) is 5.56 Å². The molecular weight excluding hydrogens is 268 g/mol. The van der Waals surface area contributed by atoms with Gasteiger partial charge in [-0.1, -0.05) is 30.3 Å². The van der Waals surface area contributed by atoms with Crippen molar-refractivity contribution in [2.45, 2.75) is 6.61 Å². The van der Waals surface area contributed by atoms with Crippen LogP contribution in [0.15, 0.2) is 54.6 Å². The lowest BCUT2D eigenvalue weighted by Crippen LogP contribution is -1.97. The smallest absolute Gasteiger partial charge is 0.284 e. The molecule has 1 heterocycles. The third-order valence-electron chi connectivity index (χ3n) is 3.35. The second-order valence-corrected chi connectivity index (χ2v) is 4.62. The molecule has 0 saturated carbocycles. The fraction of sp³-hybridized carbons (Fsp3) is 0.0625. The van der Waals surface area contributed by atoms with Crippen molar-refractivity contribution in [3.05, 3.63) is 70.3 Å². The molecule has 0 spiro atoms. The molecule has 0 fully saturated rings. The maximum absolute atomic E-state index is 11.2. The second kappa shape index (κ2) is 5.30. The Hall–Kier alpha value is -2.79. The molecule has 21 heavy (non-hydrogen) atoms. The van der Waals surface area contributed by atoms with E-state index in [4.69, 9.17) is 0 Å². The molecule has 104 valence electrons. The van der Waals surface area contributed by atoms with Crippen LogP contribution >= 0.6 is 0 Å². The molecule has 0 bridgehead atoms. The summed E-state index contributed by atoms with van der Waals surface area (Å²) in [7, 11) is 0. The van der Waals surface area contributed by atoms with Crippen LogP contribution in [-0.2, 0) is 6.61 Å². The fourth-order valence-corrected chi connectivity index (χ4v) is 2.35. The summed E-state index contributed by atoms with van der Waals surface area (Å²) in [6.45, 7) is -0.368. The number of nitro benzene ring substituents is 1. The van der Waals surface area contributed by atoms with E-state index < -0.39 is 4.92 Å². The molecule has 3 aromatic rings. The van der Waals surface area contributed by atoms with Crippen molar-refractivity contribution in [1.29, 1.82) is 0 Å². The first kappa shape index (κ1) is 13.2. The van der Waals surface area contributed by atoms with Gasteiger partial charge in [-0.25, -0.2) is 4.98 Å². The molecule has 1 aromatic heterocycles. The zero-order valence-electron chi connectivity index (χ0n) is 11.1. The average molecular weight is 280 g/mol. The predicted molar refractivity (Wildman–Crippen MR) is 79.8 cm³/mol. The van der Waals surface area contributed by atoms with E-state index in [1.165, 1.54) is 0 Å². The van der Waals surface area contributed by atoms with E-state index in [9.17, 15) is 15.2 Å². The Kier molecular flexibility index (Phi) is 3.33. The van der Waals surface area contributed by atoms with E-state index in [0.29, 0.717) is 16.5 Å². The molecule has 0 saturated heterocycles. The van der Waals surface area contributed by atoms with Crippen molar-refractivity contribution >= 4 is 16.6 Å². The Labute approximate surface area is 120 Å². The maximum Gasteiger partial charge on any atom is 0.284 e. The van der Waals surface area contributed by atoms with Crippen molar-refractivity contribution in [3.8, 4) is 11.3 Å². The summed E-state index contributed by atoms with van der Waals surface area (Å²) < 4.78 is 0. The minimum Gasteiger partial charge on any atom is -0.391 e. The number of rotatable bonds is 3. The monoisotopic (exact) mass is 280 g/mol. The SMILES string of the molecule is O=[N+]([O-])c1c(CO)ccc2nc(-c3ccccc3)ccc12. The van der Waals surface area contributed by atoms with Gasteiger partial charge in [-0.15, -0.1) is 0 Å². The highest BCUT2D eigenvalue weighted by atomic mass is 16.6. The van der Waals surface area contributed by atoms with Crippen LogP contribution in [-0.4, -0.2) is 15.0 Å². The number of hydrogen-bond acceptors (Lipinski definition) is 4. The molecule has 0 aliphatic heterocycles. The summed E-state index contributed by atoms with van der Waals surface area (Å²) in [5.41, 5.74) is 2.46. The Morgan fingerprint density at radius 3 is 2.48 bits per heavy atom. The second-order valence-electron chi connectivity index (χ2n) is 4.62. The van der Waals surface area contributed by atoms with Crippen LogP contribution in [0.2, 0.25) is 0 Å². The summed E-state index contributed by atoms with van der Waals surface area (Å²) in [4.78, 5) is 15.2. The third-order valence-corrected chi connectivity index (χ3v) is 3.35. The minimum atomic E-state index is -0.474. The van der Waals surface area contributed by atoms with Gasteiger partial charge in [0.25, 0.3) is 5.69 Å². The first-order chi connectivity index (χ1) is 10.2. The summed E-state index contributed by atoms with van der Waals surface area (Å²) in [5.74, 6) is 0. The average Bonchev–Trinajstić information content (AvgIpc) is 2.53. The zero-order valence-corrected chi connectivity index (χ0v) is 11.1. The van der Waals surface area contributed by atoms with Crippen molar-refractivity contribution < 1.29 is 10.0 Å². The number of nitro groups is 1. The lowest BCUT2D eigenvalue weighted by Gasteiger charge is -2.06. The molecular formula is C16H12N2O3. The lowest BCUT2D eigenvalue weighted by molar-refractivity contribution is -0.384. The minimum absolute atomic E-state index is 0.0814. The Balaban J connectivity index is 2.23. The van der Waals surface area contributed by atoms with Crippen molar-refractivity contribution in [2.75, 3.05) is 0 Å². The highest BCUT2D eigenvalue weighted by Gasteiger charge is 2.18. The maximum atomic E-state index is 11.2. The fourth-order valence-electron chi connectivity index (χ4n) is 2.35. The van der Waals surface area contributed by atoms with Gasteiger partial charge in [0.1, 0.15) is 0 Å². The quantitative estimate of drug-likeness (QED) is 0.590. The van der Waals surface area contributed by atoms with Gasteiger partial charge in [0.05, 0.1) is 33.7 Å². The van der Waals surface area contributed by atoms with Gasteiger partial charge >= 0.3 is 0 Å². The molecule has 5 heteroatoms. The van der Waals surface area contributed by atoms with E-state index in [2.05, 4.69) is 4.98 Å². The number of benzene rings is 2. The Morgan fingerprint density at radius 2 is 1.81 bits per heavy atom. The van der Waals surface area contributed by atoms with E-state index in [1.54, 1.807) is 24.3 Å². The van der Waals surface area contributed by atoms with Crippen LogP contribution < -0.4 is 0 Å². The van der Waals surface area contributed by atoms with Crippen LogP contribution in [0.1, 0.15) is 5.56 Å². The molecule has 1 N–H and O–H groups in total. The van der Waals surface area contributed by atoms with Gasteiger partial charge in [-0.3, -0.25) is 10.1 Å². The topological polar surface area (TPSA) is 76.3 Å². The van der Waals surface area contributed by atoms with Crippen LogP contribution in [0.3, 0.4) is 0 Å². The normalized spacial score (nSPS) is 10.7. The van der Waals surface area contributed by atoms with Crippen LogP contribution in [0.5, 0.6) is 0 Å². The zero-order chi connectivity index (χ0) is 14.8. The van der Waals surface area contributed by atoms with Gasteiger partial charge in [-0.05, 0) is 24.3 Å². The van der Waals surface area contributed by atoms with Gasteiger partial charge in [-0.2, -0.15) is 0 Å². The van der Waals surface area contributed by atoms with Crippen LogP contribution in [0.4, 0.5) is 5.69 Å². The summed E-state index contributed by atoms with van der Waals surface area (Å²) in [5, 5.41) is 20.9.